The maximum absolute atomic E-state index is 12.1. The molecule has 0 aliphatic carbocycles. The number of rotatable bonds is 2. The third kappa shape index (κ3) is 3.37. The van der Waals surface area contributed by atoms with Gasteiger partial charge in [-0.05, 0) is 30.2 Å². The van der Waals surface area contributed by atoms with Crippen LogP contribution in [-0.2, 0) is 0 Å². The van der Waals surface area contributed by atoms with Crippen LogP contribution in [0, 0.1) is 6.92 Å². The number of pyridine rings is 1. The molecule has 0 fully saturated rings. The van der Waals surface area contributed by atoms with Crippen LogP contribution in [0.15, 0.2) is 41.3 Å². The highest BCUT2D eigenvalue weighted by atomic mass is 19.4. The number of aryl methyl sites for hydroxylation is 1. The number of H-pyrrole nitrogens is 1. The molecule has 0 saturated carbocycles. The molecule has 0 amide bonds. The van der Waals surface area contributed by atoms with Crippen LogP contribution in [0.1, 0.15) is 5.56 Å². The SMILES string of the molecule is Cc1cc(=O)[nH]cc1-c1cccc(OC(F)(F)F)c1. The Kier molecular flexibility index (Phi) is 3.33. The quantitative estimate of drug-likeness (QED) is 0.909. The highest BCUT2D eigenvalue weighted by Crippen LogP contribution is 2.28. The summed E-state index contributed by atoms with van der Waals surface area (Å²) >= 11 is 0. The molecule has 0 saturated heterocycles. The van der Waals surface area contributed by atoms with Crippen LogP contribution in [0.5, 0.6) is 5.75 Å². The minimum atomic E-state index is -4.72. The van der Waals surface area contributed by atoms with Gasteiger partial charge in [0.2, 0.25) is 5.56 Å². The highest BCUT2D eigenvalue weighted by Gasteiger charge is 2.31. The standard InChI is InChI=1S/C13H10F3NO2/c1-8-5-12(18)17-7-11(8)9-3-2-4-10(6-9)19-13(14,15)16/h2-7H,1H3,(H,17,18). The molecule has 2 aromatic rings. The Hall–Kier alpha value is -2.24. The normalized spacial score (nSPS) is 11.4. The van der Waals surface area contributed by atoms with E-state index in [4.69, 9.17) is 0 Å². The van der Waals surface area contributed by atoms with Gasteiger partial charge >= 0.3 is 6.36 Å². The first kappa shape index (κ1) is 13.2. The highest BCUT2D eigenvalue weighted by molar-refractivity contribution is 5.67. The van der Waals surface area contributed by atoms with Gasteiger partial charge < -0.3 is 9.72 Å². The van der Waals surface area contributed by atoms with Crippen molar-refractivity contribution in [3.05, 3.63) is 52.4 Å². The lowest BCUT2D eigenvalue weighted by molar-refractivity contribution is -0.274. The largest absolute Gasteiger partial charge is 0.573 e. The molecule has 0 aliphatic heterocycles. The number of aromatic nitrogens is 1. The van der Waals surface area contributed by atoms with E-state index in [0.717, 1.165) is 0 Å². The Balaban J connectivity index is 2.40. The van der Waals surface area contributed by atoms with E-state index < -0.39 is 6.36 Å². The molecule has 3 nitrogen and oxygen atoms in total. The summed E-state index contributed by atoms with van der Waals surface area (Å²) in [6, 6.07) is 6.98. The summed E-state index contributed by atoms with van der Waals surface area (Å²) in [5.41, 5.74) is 1.60. The number of alkyl halides is 3. The third-order valence-electron chi connectivity index (χ3n) is 2.51. The van der Waals surface area contributed by atoms with Crippen LogP contribution in [0.2, 0.25) is 0 Å². The van der Waals surface area contributed by atoms with E-state index in [2.05, 4.69) is 9.72 Å². The van der Waals surface area contributed by atoms with Crippen molar-refractivity contribution < 1.29 is 17.9 Å². The first-order valence-corrected chi connectivity index (χ1v) is 5.41. The summed E-state index contributed by atoms with van der Waals surface area (Å²) < 4.78 is 40.3. The van der Waals surface area contributed by atoms with Gasteiger partial charge in [-0.2, -0.15) is 0 Å². The number of aromatic amines is 1. The summed E-state index contributed by atoms with van der Waals surface area (Å²) in [4.78, 5) is 13.6. The average Bonchev–Trinajstić information content (AvgIpc) is 2.26. The van der Waals surface area contributed by atoms with E-state index >= 15 is 0 Å². The maximum Gasteiger partial charge on any atom is 0.573 e. The number of ether oxygens (including phenoxy) is 1. The third-order valence-corrected chi connectivity index (χ3v) is 2.51. The minimum Gasteiger partial charge on any atom is -0.406 e. The lowest BCUT2D eigenvalue weighted by atomic mass is 10.0. The second-order valence-corrected chi connectivity index (χ2v) is 3.97. The van der Waals surface area contributed by atoms with Gasteiger partial charge in [0.05, 0.1) is 0 Å². The zero-order chi connectivity index (χ0) is 14.0. The number of nitrogens with one attached hydrogen (secondary N) is 1. The van der Waals surface area contributed by atoms with E-state index in [1.807, 2.05) is 0 Å². The van der Waals surface area contributed by atoms with Crippen LogP contribution in [0.25, 0.3) is 11.1 Å². The van der Waals surface area contributed by atoms with E-state index in [1.54, 1.807) is 13.0 Å². The molecule has 6 heteroatoms. The molecule has 19 heavy (non-hydrogen) atoms. The number of halogens is 3. The summed E-state index contributed by atoms with van der Waals surface area (Å²) in [5, 5.41) is 0. The van der Waals surface area contributed by atoms with Crippen LogP contribution >= 0.6 is 0 Å². The Morgan fingerprint density at radius 2 is 1.95 bits per heavy atom. The molecule has 0 radical (unpaired) electrons. The Bertz CT molecular complexity index is 647. The van der Waals surface area contributed by atoms with Gasteiger partial charge in [-0.25, -0.2) is 0 Å². The van der Waals surface area contributed by atoms with Crippen molar-refractivity contribution in [2.45, 2.75) is 13.3 Å². The molecule has 0 spiro atoms. The van der Waals surface area contributed by atoms with Gasteiger partial charge in [0.15, 0.2) is 0 Å². The molecule has 0 bridgehead atoms. The number of hydrogen-bond donors (Lipinski definition) is 1. The fraction of sp³-hybridized carbons (Fsp3) is 0.154. The molecule has 1 aromatic carbocycles. The number of benzene rings is 1. The van der Waals surface area contributed by atoms with E-state index in [0.29, 0.717) is 16.7 Å². The van der Waals surface area contributed by atoms with Crippen molar-refractivity contribution >= 4 is 0 Å². The predicted molar refractivity (Wildman–Crippen MR) is 63.9 cm³/mol. The molecule has 2 rings (SSSR count). The fourth-order valence-electron chi connectivity index (χ4n) is 1.74. The van der Waals surface area contributed by atoms with Gasteiger partial charge in [-0.15, -0.1) is 13.2 Å². The van der Waals surface area contributed by atoms with E-state index in [-0.39, 0.29) is 11.3 Å². The molecule has 0 aliphatic rings. The topological polar surface area (TPSA) is 42.1 Å². The van der Waals surface area contributed by atoms with Crippen molar-refractivity contribution in [3.63, 3.8) is 0 Å². The molecule has 1 aromatic heterocycles. The lowest BCUT2D eigenvalue weighted by Gasteiger charge is -2.11. The average molecular weight is 269 g/mol. The van der Waals surface area contributed by atoms with Gasteiger partial charge in [-0.3, -0.25) is 4.79 Å². The molecular formula is C13H10F3NO2. The van der Waals surface area contributed by atoms with Crippen LogP contribution in [0.3, 0.4) is 0 Å². The maximum atomic E-state index is 12.1. The molecule has 1 heterocycles. The van der Waals surface area contributed by atoms with E-state index in [1.165, 1.54) is 30.5 Å². The Morgan fingerprint density at radius 1 is 1.21 bits per heavy atom. The predicted octanol–water partition coefficient (Wildman–Crippen LogP) is 3.25. The number of hydrogen-bond acceptors (Lipinski definition) is 2. The van der Waals surface area contributed by atoms with Crippen LogP contribution < -0.4 is 10.3 Å². The summed E-state index contributed by atoms with van der Waals surface area (Å²) in [6.45, 7) is 1.71. The van der Waals surface area contributed by atoms with Crippen molar-refractivity contribution in [2.75, 3.05) is 0 Å². The van der Waals surface area contributed by atoms with Crippen molar-refractivity contribution in [1.29, 1.82) is 0 Å². The zero-order valence-corrected chi connectivity index (χ0v) is 9.91. The van der Waals surface area contributed by atoms with Crippen molar-refractivity contribution in [1.82, 2.24) is 4.98 Å². The molecular weight excluding hydrogens is 259 g/mol. The summed E-state index contributed by atoms with van der Waals surface area (Å²) in [6.07, 6.45) is -3.26. The molecule has 100 valence electrons. The Morgan fingerprint density at radius 3 is 2.58 bits per heavy atom. The van der Waals surface area contributed by atoms with Crippen molar-refractivity contribution in [2.24, 2.45) is 0 Å². The van der Waals surface area contributed by atoms with Crippen molar-refractivity contribution in [3.8, 4) is 16.9 Å². The lowest BCUT2D eigenvalue weighted by Crippen LogP contribution is -2.17. The van der Waals surface area contributed by atoms with E-state index in [9.17, 15) is 18.0 Å². The van der Waals surface area contributed by atoms with Gasteiger partial charge in [0, 0.05) is 17.8 Å². The minimum absolute atomic E-state index is 0.260. The zero-order valence-electron chi connectivity index (χ0n) is 9.91. The first-order valence-electron chi connectivity index (χ1n) is 5.41. The second kappa shape index (κ2) is 4.79. The molecule has 1 N–H and O–H groups in total. The smallest absolute Gasteiger partial charge is 0.406 e. The van der Waals surface area contributed by atoms with Crippen LogP contribution in [-0.4, -0.2) is 11.3 Å². The van der Waals surface area contributed by atoms with Crippen LogP contribution in [0.4, 0.5) is 13.2 Å². The Labute approximate surface area is 106 Å². The van der Waals surface area contributed by atoms with Gasteiger partial charge in [0.1, 0.15) is 5.75 Å². The monoisotopic (exact) mass is 269 g/mol. The first-order chi connectivity index (χ1) is 8.85. The summed E-state index contributed by atoms with van der Waals surface area (Å²) in [5.74, 6) is -0.296. The van der Waals surface area contributed by atoms with Gasteiger partial charge in [-0.1, -0.05) is 12.1 Å². The second-order valence-electron chi connectivity index (χ2n) is 3.97. The molecule has 0 atom stereocenters. The van der Waals surface area contributed by atoms with Gasteiger partial charge in [0.25, 0.3) is 0 Å². The summed E-state index contributed by atoms with van der Waals surface area (Å²) in [7, 11) is 0. The molecule has 0 unspecified atom stereocenters. The fourth-order valence-corrected chi connectivity index (χ4v) is 1.74.